The monoisotopic (exact) mass is 213 g/mol. The van der Waals surface area contributed by atoms with Crippen molar-refractivity contribution in [2.24, 2.45) is 4.99 Å². The minimum atomic E-state index is 0.100. The first-order valence-electron chi connectivity index (χ1n) is 6.04. The second-order valence-electron chi connectivity index (χ2n) is 4.73. The van der Waals surface area contributed by atoms with Crippen LogP contribution in [0.15, 0.2) is 47.5 Å². The maximum atomic E-state index is 4.77. The summed E-state index contributed by atoms with van der Waals surface area (Å²) in [5, 5.41) is 0. The Balaban J connectivity index is 2.07. The van der Waals surface area contributed by atoms with Crippen molar-refractivity contribution < 1.29 is 0 Å². The lowest BCUT2D eigenvalue weighted by molar-refractivity contribution is 0.439. The van der Waals surface area contributed by atoms with Crippen LogP contribution in [-0.2, 0) is 0 Å². The van der Waals surface area contributed by atoms with Crippen LogP contribution in [-0.4, -0.2) is 11.8 Å². The van der Waals surface area contributed by atoms with Gasteiger partial charge in [-0.1, -0.05) is 42.5 Å². The van der Waals surface area contributed by atoms with E-state index in [0.29, 0.717) is 0 Å². The van der Waals surface area contributed by atoms with Gasteiger partial charge in [-0.3, -0.25) is 4.99 Å². The Hall–Kier alpha value is -1.37. The zero-order chi connectivity index (χ0) is 11.3. The molecule has 1 nitrogen and oxygen atoms in total. The summed E-state index contributed by atoms with van der Waals surface area (Å²) in [6.07, 6.45) is 11.3. The number of nitrogens with zero attached hydrogens (tertiary/aromatic N) is 1. The second kappa shape index (κ2) is 5.11. The van der Waals surface area contributed by atoms with Crippen LogP contribution in [0.5, 0.6) is 0 Å². The number of hydrogen-bond acceptors (Lipinski definition) is 1. The van der Waals surface area contributed by atoms with Crippen LogP contribution < -0.4 is 0 Å². The molecule has 84 valence electrons. The smallest absolute Gasteiger partial charge is 0.0614 e. The van der Waals surface area contributed by atoms with Gasteiger partial charge in [0, 0.05) is 6.21 Å². The quantitative estimate of drug-likeness (QED) is 0.520. The third-order valence-corrected chi connectivity index (χ3v) is 3.14. The summed E-state index contributed by atoms with van der Waals surface area (Å²) in [6.45, 7) is 2.25. The first-order chi connectivity index (χ1) is 7.79. The van der Waals surface area contributed by atoms with Gasteiger partial charge in [0.1, 0.15) is 0 Å². The molecule has 1 aliphatic rings. The van der Waals surface area contributed by atoms with Gasteiger partial charge in [-0.05, 0) is 38.2 Å². The van der Waals surface area contributed by atoms with E-state index in [-0.39, 0.29) is 5.54 Å². The van der Waals surface area contributed by atoms with E-state index in [9.17, 15) is 0 Å². The van der Waals surface area contributed by atoms with Gasteiger partial charge in [-0.15, -0.1) is 0 Å². The first-order valence-corrected chi connectivity index (χ1v) is 6.04. The molecule has 0 N–H and O–H groups in total. The van der Waals surface area contributed by atoms with Crippen LogP contribution in [0.25, 0.3) is 0 Å². The number of benzene rings is 1. The molecule has 0 saturated heterocycles. The highest BCUT2D eigenvalue weighted by molar-refractivity contribution is 5.79. The lowest BCUT2D eigenvalue weighted by Gasteiger charge is -2.22. The number of hydrogen-bond donors (Lipinski definition) is 0. The summed E-state index contributed by atoms with van der Waals surface area (Å²) >= 11 is 0. The van der Waals surface area contributed by atoms with Gasteiger partial charge in [0.15, 0.2) is 0 Å². The maximum absolute atomic E-state index is 4.77. The molecule has 0 radical (unpaired) electrons. The third kappa shape index (κ3) is 3.06. The molecule has 0 spiro atoms. The van der Waals surface area contributed by atoms with Gasteiger partial charge in [0.2, 0.25) is 0 Å². The van der Waals surface area contributed by atoms with Crippen molar-refractivity contribution >= 4 is 6.21 Å². The first kappa shape index (κ1) is 11.1. The van der Waals surface area contributed by atoms with Crippen LogP contribution in [0.4, 0.5) is 0 Å². The highest BCUT2D eigenvalue weighted by Gasteiger charge is 2.21. The molecule has 0 aliphatic heterocycles. The Kier molecular flexibility index (Phi) is 3.55. The normalized spacial score (nSPS) is 25.8. The highest BCUT2D eigenvalue weighted by atomic mass is 14.8. The summed E-state index contributed by atoms with van der Waals surface area (Å²) in [5.74, 6) is 0. The average Bonchev–Trinajstić information content (AvgIpc) is 2.54. The van der Waals surface area contributed by atoms with Gasteiger partial charge >= 0.3 is 0 Å². The minimum absolute atomic E-state index is 0.100. The predicted octanol–water partition coefficient (Wildman–Crippen LogP) is 3.99. The maximum Gasteiger partial charge on any atom is 0.0614 e. The van der Waals surface area contributed by atoms with E-state index in [0.717, 1.165) is 6.42 Å². The molecule has 16 heavy (non-hydrogen) atoms. The molecular weight excluding hydrogens is 194 g/mol. The molecule has 2 rings (SSSR count). The molecule has 0 fully saturated rings. The van der Waals surface area contributed by atoms with Crippen molar-refractivity contribution in [2.45, 2.75) is 38.1 Å². The van der Waals surface area contributed by atoms with E-state index in [1.807, 2.05) is 12.3 Å². The molecule has 0 heterocycles. The van der Waals surface area contributed by atoms with Crippen molar-refractivity contribution in [3.8, 4) is 0 Å². The molecule has 0 amide bonds. The lowest BCUT2D eigenvalue weighted by Crippen LogP contribution is -2.20. The van der Waals surface area contributed by atoms with Crippen molar-refractivity contribution in [1.29, 1.82) is 0 Å². The summed E-state index contributed by atoms with van der Waals surface area (Å²) < 4.78 is 0. The Labute approximate surface area is 97.9 Å². The van der Waals surface area contributed by atoms with Gasteiger partial charge in [-0.2, -0.15) is 0 Å². The van der Waals surface area contributed by atoms with Crippen LogP contribution in [0.2, 0.25) is 0 Å². The fourth-order valence-corrected chi connectivity index (χ4v) is 2.04. The summed E-state index contributed by atoms with van der Waals surface area (Å²) in [5.41, 5.74) is 1.29. The van der Waals surface area contributed by atoms with Crippen molar-refractivity contribution in [3.05, 3.63) is 48.0 Å². The number of rotatable bonds is 2. The van der Waals surface area contributed by atoms with Gasteiger partial charge < -0.3 is 0 Å². The van der Waals surface area contributed by atoms with E-state index in [2.05, 4.69) is 43.3 Å². The van der Waals surface area contributed by atoms with E-state index >= 15 is 0 Å². The van der Waals surface area contributed by atoms with Crippen LogP contribution in [0, 0.1) is 0 Å². The van der Waals surface area contributed by atoms with E-state index in [1.54, 1.807) is 0 Å². The molecule has 1 atom stereocenters. The van der Waals surface area contributed by atoms with Crippen LogP contribution in [0.3, 0.4) is 0 Å². The van der Waals surface area contributed by atoms with Gasteiger partial charge in [0.25, 0.3) is 0 Å². The van der Waals surface area contributed by atoms with E-state index < -0.39 is 0 Å². The molecule has 1 aromatic rings. The zero-order valence-electron chi connectivity index (χ0n) is 9.89. The van der Waals surface area contributed by atoms with Gasteiger partial charge in [0.05, 0.1) is 5.54 Å². The molecule has 0 bridgehead atoms. The minimum Gasteiger partial charge on any atom is -0.286 e. The number of aliphatic imine (C=N–C) groups is 1. The SMILES string of the molecule is CC1(/N=C/c2ccccc2)CC=CCCC1. The standard InChI is InChI=1S/C15H19N/c1-15(11-7-2-3-8-12-15)16-13-14-9-5-4-6-10-14/h2,4-7,9-10,13H,3,8,11-12H2,1H3/b16-13+. The number of allylic oxidation sites excluding steroid dienone is 1. The fraction of sp³-hybridized carbons (Fsp3) is 0.400. The molecule has 0 saturated carbocycles. The highest BCUT2D eigenvalue weighted by Crippen LogP contribution is 2.26. The predicted molar refractivity (Wildman–Crippen MR) is 70.0 cm³/mol. The Morgan fingerprint density at radius 2 is 2.00 bits per heavy atom. The molecule has 1 heteroatoms. The van der Waals surface area contributed by atoms with Crippen molar-refractivity contribution in [2.75, 3.05) is 0 Å². The Morgan fingerprint density at radius 1 is 1.19 bits per heavy atom. The largest absolute Gasteiger partial charge is 0.286 e. The topological polar surface area (TPSA) is 12.4 Å². The molecule has 1 aromatic carbocycles. The molecule has 1 unspecified atom stereocenters. The van der Waals surface area contributed by atoms with Gasteiger partial charge in [-0.25, -0.2) is 0 Å². The van der Waals surface area contributed by atoms with E-state index in [1.165, 1.54) is 24.8 Å². The summed E-state index contributed by atoms with van der Waals surface area (Å²) in [7, 11) is 0. The van der Waals surface area contributed by atoms with Crippen molar-refractivity contribution in [1.82, 2.24) is 0 Å². The van der Waals surface area contributed by atoms with Crippen LogP contribution >= 0.6 is 0 Å². The Bertz CT molecular complexity index is 378. The second-order valence-corrected chi connectivity index (χ2v) is 4.73. The summed E-state index contributed by atoms with van der Waals surface area (Å²) in [6, 6.07) is 10.3. The van der Waals surface area contributed by atoms with E-state index in [4.69, 9.17) is 4.99 Å². The lowest BCUT2D eigenvalue weighted by atomic mass is 9.94. The molecule has 1 aliphatic carbocycles. The summed E-state index contributed by atoms with van der Waals surface area (Å²) in [4.78, 5) is 4.77. The Morgan fingerprint density at radius 3 is 2.81 bits per heavy atom. The molecular formula is C15H19N. The zero-order valence-corrected chi connectivity index (χ0v) is 9.89. The van der Waals surface area contributed by atoms with Crippen LogP contribution in [0.1, 0.15) is 38.2 Å². The molecule has 0 aromatic heterocycles. The average molecular weight is 213 g/mol. The van der Waals surface area contributed by atoms with Crippen molar-refractivity contribution in [3.63, 3.8) is 0 Å². The third-order valence-electron chi connectivity index (χ3n) is 3.14. The fourth-order valence-electron chi connectivity index (χ4n) is 2.04.